The minimum absolute atomic E-state index is 0.128. The van der Waals surface area contributed by atoms with E-state index in [-0.39, 0.29) is 23.1 Å². The average Bonchev–Trinajstić information content (AvgIpc) is 3.02. The molecule has 2 amide bonds. The Balaban J connectivity index is 1.72. The summed E-state index contributed by atoms with van der Waals surface area (Å²) in [5.74, 6) is -0.832. The number of hydrogen-bond donors (Lipinski definition) is 3. The standard InChI is InChI=1S/C12H16N2O4S/c1-19-12(4-5-12)7-14-11(17)13-6-8-2-3-9(18-8)10(15)16/h2-3H,4-7H2,1H3,(H,15,16)(H2,13,14,17). The fourth-order valence-electron chi connectivity index (χ4n) is 1.65. The summed E-state index contributed by atoms with van der Waals surface area (Å²) in [5.41, 5.74) is 0. The highest BCUT2D eigenvalue weighted by atomic mass is 32.2. The Kier molecular flexibility index (Phi) is 4.04. The maximum Gasteiger partial charge on any atom is 0.371 e. The third kappa shape index (κ3) is 3.66. The van der Waals surface area contributed by atoms with E-state index in [9.17, 15) is 9.59 Å². The number of carboxylic acids is 1. The van der Waals surface area contributed by atoms with Crippen LogP contribution in [0.5, 0.6) is 0 Å². The van der Waals surface area contributed by atoms with Crippen molar-refractivity contribution in [3.05, 3.63) is 23.7 Å². The molecule has 0 unspecified atom stereocenters. The summed E-state index contributed by atoms with van der Waals surface area (Å²) in [7, 11) is 0. The number of hydrogen-bond acceptors (Lipinski definition) is 4. The molecule has 104 valence electrons. The molecule has 0 saturated heterocycles. The highest BCUT2D eigenvalue weighted by Crippen LogP contribution is 2.46. The van der Waals surface area contributed by atoms with Crippen LogP contribution in [0.1, 0.15) is 29.2 Å². The predicted molar refractivity (Wildman–Crippen MR) is 71.4 cm³/mol. The van der Waals surface area contributed by atoms with Crippen molar-refractivity contribution < 1.29 is 19.1 Å². The number of carbonyl (C=O) groups is 2. The molecule has 0 radical (unpaired) electrons. The number of amides is 2. The summed E-state index contributed by atoms with van der Waals surface area (Å²) in [6.07, 6.45) is 4.31. The molecule has 0 bridgehead atoms. The summed E-state index contributed by atoms with van der Waals surface area (Å²) in [5, 5.41) is 14.1. The van der Waals surface area contributed by atoms with Crippen molar-refractivity contribution >= 4 is 23.8 Å². The van der Waals surface area contributed by atoms with Gasteiger partial charge in [-0.05, 0) is 31.2 Å². The summed E-state index contributed by atoms with van der Waals surface area (Å²) >= 11 is 1.77. The fraction of sp³-hybridized carbons (Fsp3) is 0.500. The van der Waals surface area contributed by atoms with Gasteiger partial charge in [0.1, 0.15) is 5.76 Å². The number of urea groups is 1. The lowest BCUT2D eigenvalue weighted by atomic mass is 10.4. The van der Waals surface area contributed by atoms with Gasteiger partial charge in [-0.15, -0.1) is 0 Å². The van der Waals surface area contributed by atoms with E-state index in [1.807, 2.05) is 6.26 Å². The summed E-state index contributed by atoms with van der Waals surface area (Å²) in [4.78, 5) is 22.2. The molecule has 1 aliphatic rings. The normalized spacial score (nSPS) is 15.8. The average molecular weight is 284 g/mol. The lowest BCUT2D eigenvalue weighted by molar-refractivity contribution is 0.0660. The molecule has 1 saturated carbocycles. The molecule has 0 spiro atoms. The van der Waals surface area contributed by atoms with Crippen LogP contribution < -0.4 is 10.6 Å². The Labute approximate surface area is 114 Å². The topological polar surface area (TPSA) is 91.6 Å². The van der Waals surface area contributed by atoms with Crippen LogP contribution in [0, 0.1) is 0 Å². The van der Waals surface area contributed by atoms with E-state index >= 15 is 0 Å². The second-order valence-corrected chi connectivity index (χ2v) is 5.77. The second-order valence-electron chi connectivity index (χ2n) is 4.49. The van der Waals surface area contributed by atoms with Gasteiger partial charge < -0.3 is 20.2 Å². The Hall–Kier alpha value is -1.63. The van der Waals surface area contributed by atoms with E-state index in [1.54, 1.807) is 11.8 Å². The van der Waals surface area contributed by atoms with Crippen LogP contribution >= 0.6 is 11.8 Å². The van der Waals surface area contributed by atoms with Gasteiger partial charge in [0.05, 0.1) is 6.54 Å². The third-order valence-corrected chi connectivity index (χ3v) is 4.53. The van der Waals surface area contributed by atoms with E-state index in [1.165, 1.54) is 12.1 Å². The van der Waals surface area contributed by atoms with Gasteiger partial charge in [-0.1, -0.05) is 0 Å². The zero-order valence-electron chi connectivity index (χ0n) is 10.6. The first-order valence-electron chi connectivity index (χ1n) is 5.93. The Morgan fingerprint density at radius 3 is 2.68 bits per heavy atom. The number of aromatic carboxylic acids is 1. The van der Waals surface area contributed by atoms with Gasteiger partial charge in [-0.2, -0.15) is 11.8 Å². The molecule has 1 aromatic rings. The molecule has 2 rings (SSSR count). The van der Waals surface area contributed by atoms with Gasteiger partial charge in [0.25, 0.3) is 0 Å². The number of furan rings is 1. The highest BCUT2D eigenvalue weighted by Gasteiger charge is 2.41. The van der Waals surface area contributed by atoms with Gasteiger partial charge in [0, 0.05) is 11.3 Å². The van der Waals surface area contributed by atoms with Crippen LogP contribution in [0.25, 0.3) is 0 Å². The van der Waals surface area contributed by atoms with Gasteiger partial charge in [-0.3, -0.25) is 0 Å². The molecule has 1 aromatic heterocycles. The van der Waals surface area contributed by atoms with Crippen LogP contribution in [-0.2, 0) is 6.54 Å². The van der Waals surface area contributed by atoms with E-state index in [0.717, 1.165) is 12.8 Å². The Bertz CT molecular complexity index is 482. The number of rotatable bonds is 6. The van der Waals surface area contributed by atoms with Crippen molar-refractivity contribution in [3.63, 3.8) is 0 Å². The maximum absolute atomic E-state index is 11.6. The van der Waals surface area contributed by atoms with Gasteiger partial charge in [-0.25, -0.2) is 9.59 Å². The molecule has 1 heterocycles. The van der Waals surface area contributed by atoms with E-state index in [2.05, 4.69) is 10.6 Å². The molecule has 0 atom stereocenters. The van der Waals surface area contributed by atoms with Crippen molar-refractivity contribution in [2.24, 2.45) is 0 Å². The van der Waals surface area contributed by atoms with E-state index in [0.29, 0.717) is 12.3 Å². The smallest absolute Gasteiger partial charge is 0.371 e. The molecule has 1 fully saturated rings. The first kappa shape index (κ1) is 13.8. The van der Waals surface area contributed by atoms with Crippen LogP contribution in [0.2, 0.25) is 0 Å². The number of thioether (sulfide) groups is 1. The molecule has 3 N–H and O–H groups in total. The largest absolute Gasteiger partial charge is 0.475 e. The number of carbonyl (C=O) groups excluding carboxylic acids is 1. The molecule has 7 heteroatoms. The highest BCUT2D eigenvalue weighted by molar-refractivity contribution is 8.00. The minimum atomic E-state index is -1.12. The van der Waals surface area contributed by atoms with Crippen LogP contribution in [0.4, 0.5) is 4.79 Å². The third-order valence-electron chi connectivity index (χ3n) is 3.11. The fourth-order valence-corrected chi connectivity index (χ4v) is 2.38. The summed E-state index contributed by atoms with van der Waals surface area (Å²) < 4.78 is 5.25. The van der Waals surface area contributed by atoms with Crippen molar-refractivity contribution in [2.45, 2.75) is 24.1 Å². The van der Waals surface area contributed by atoms with Crippen molar-refractivity contribution in [1.29, 1.82) is 0 Å². The monoisotopic (exact) mass is 284 g/mol. The Morgan fingerprint density at radius 2 is 2.16 bits per heavy atom. The van der Waals surface area contributed by atoms with Crippen LogP contribution in [0.15, 0.2) is 16.5 Å². The first-order chi connectivity index (χ1) is 9.04. The SMILES string of the molecule is CSC1(CNC(=O)NCc2ccc(C(=O)O)o2)CC1. The predicted octanol–water partition coefficient (Wildman–Crippen LogP) is 1.67. The number of carboxylic acid groups (broad SMARTS) is 1. The lowest BCUT2D eigenvalue weighted by Gasteiger charge is -2.13. The Morgan fingerprint density at radius 1 is 1.42 bits per heavy atom. The zero-order valence-corrected chi connectivity index (χ0v) is 11.4. The van der Waals surface area contributed by atoms with Crippen molar-refractivity contribution in [2.75, 3.05) is 12.8 Å². The molecule has 1 aliphatic carbocycles. The molecule has 0 aliphatic heterocycles. The quantitative estimate of drug-likeness (QED) is 0.739. The van der Waals surface area contributed by atoms with E-state index < -0.39 is 5.97 Å². The molecule has 0 aromatic carbocycles. The number of nitrogens with one attached hydrogen (secondary N) is 2. The summed E-state index contributed by atoms with van der Waals surface area (Å²) in [6, 6.07) is 2.63. The summed E-state index contributed by atoms with van der Waals surface area (Å²) in [6.45, 7) is 0.823. The molecular formula is C12H16N2O4S. The maximum atomic E-state index is 11.6. The van der Waals surface area contributed by atoms with Crippen LogP contribution in [0.3, 0.4) is 0 Å². The van der Waals surface area contributed by atoms with Gasteiger partial charge in [0.2, 0.25) is 5.76 Å². The molecule has 6 nitrogen and oxygen atoms in total. The zero-order chi connectivity index (χ0) is 13.9. The van der Waals surface area contributed by atoms with E-state index in [4.69, 9.17) is 9.52 Å². The lowest BCUT2D eigenvalue weighted by Crippen LogP contribution is -2.39. The molecular weight excluding hydrogens is 268 g/mol. The van der Waals surface area contributed by atoms with Crippen LogP contribution in [-0.4, -0.2) is 34.7 Å². The minimum Gasteiger partial charge on any atom is -0.475 e. The van der Waals surface area contributed by atoms with Crippen molar-refractivity contribution in [3.8, 4) is 0 Å². The first-order valence-corrected chi connectivity index (χ1v) is 7.16. The van der Waals surface area contributed by atoms with Gasteiger partial charge >= 0.3 is 12.0 Å². The van der Waals surface area contributed by atoms with Gasteiger partial charge in [0.15, 0.2) is 0 Å². The second kappa shape index (κ2) is 5.56. The molecule has 19 heavy (non-hydrogen) atoms. The van der Waals surface area contributed by atoms with Crippen molar-refractivity contribution in [1.82, 2.24) is 10.6 Å².